The quantitative estimate of drug-likeness (QED) is 0.114. The summed E-state index contributed by atoms with van der Waals surface area (Å²) in [5.41, 5.74) is 12.6. The Morgan fingerprint density at radius 3 is 1.50 bits per heavy atom. The smallest absolute Gasteiger partial charge is 0.163 e. The molecular formula is C59H64IrN6OSi-2. The molecule has 8 aromatic rings. The van der Waals surface area contributed by atoms with Gasteiger partial charge in [0, 0.05) is 65.8 Å². The Morgan fingerprint density at radius 2 is 1.04 bits per heavy atom. The molecule has 68 heavy (non-hydrogen) atoms. The van der Waals surface area contributed by atoms with Crippen LogP contribution in [0, 0.1) is 12.1 Å². The summed E-state index contributed by atoms with van der Waals surface area (Å²) in [7, 11) is -1.51. The molecule has 1 radical (unpaired) electrons. The van der Waals surface area contributed by atoms with E-state index < -0.39 is 8.07 Å². The first kappa shape index (κ1) is 51.4. The van der Waals surface area contributed by atoms with Gasteiger partial charge in [-0.15, -0.1) is 54.1 Å². The average molecular weight is 1090 g/mol. The Hall–Kier alpha value is -5.99. The molecular weight excluding hydrogens is 1030 g/mol. The van der Waals surface area contributed by atoms with E-state index in [1.54, 1.807) is 6.07 Å². The van der Waals surface area contributed by atoms with Crippen LogP contribution in [0.4, 0.5) is 0 Å². The van der Waals surface area contributed by atoms with Crippen LogP contribution in [-0.4, -0.2) is 43.1 Å². The largest absolute Gasteiger partial charge is 0.507 e. The predicted octanol–water partition coefficient (Wildman–Crippen LogP) is 14.4. The minimum Gasteiger partial charge on any atom is -0.507 e. The molecule has 0 saturated carbocycles. The van der Waals surface area contributed by atoms with Gasteiger partial charge in [0.25, 0.3) is 0 Å². The molecule has 0 aliphatic rings. The van der Waals surface area contributed by atoms with E-state index in [0.29, 0.717) is 0 Å². The molecule has 1 N–H and O–H groups in total. The molecule has 0 bridgehead atoms. The second kappa shape index (κ2) is 21.1. The Balaban J connectivity index is 0.000000267. The van der Waals surface area contributed by atoms with Gasteiger partial charge in [-0.2, -0.15) is 0 Å². The molecule has 0 aliphatic heterocycles. The van der Waals surface area contributed by atoms with Gasteiger partial charge < -0.3 is 5.11 Å². The molecule has 0 unspecified atom stereocenters. The normalized spacial score (nSPS) is 11.8. The molecule has 7 nitrogen and oxygen atoms in total. The Kier molecular flexibility index (Phi) is 16.0. The van der Waals surface area contributed by atoms with Crippen LogP contribution in [0.1, 0.15) is 104 Å². The summed E-state index contributed by atoms with van der Waals surface area (Å²) in [6.45, 7) is 28.9. The maximum Gasteiger partial charge on any atom is 0.163 e. The predicted molar refractivity (Wildman–Crippen MR) is 280 cm³/mol. The van der Waals surface area contributed by atoms with Crippen LogP contribution in [-0.2, 0) is 30.9 Å². The molecule has 0 saturated heterocycles. The van der Waals surface area contributed by atoms with Crippen molar-refractivity contribution in [3.05, 3.63) is 169 Å². The van der Waals surface area contributed by atoms with E-state index in [1.165, 1.54) is 21.9 Å². The summed E-state index contributed by atoms with van der Waals surface area (Å²) in [6, 6.07) is 47.4. The van der Waals surface area contributed by atoms with E-state index in [4.69, 9.17) is 19.9 Å². The Morgan fingerprint density at radius 1 is 0.529 bits per heavy atom. The van der Waals surface area contributed by atoms with Crippen LogP contribution in [0.2, 0.25) is 19.6 Å². The number of pyridine rings is 3. The summed E-state index contributed by atoms with van der Waals surface area (Å²) in [6.07, 6.45) is 3.66. The Bertz CT molecular complexity index is 2850. The number of hydrogen-bond acceptors (Lipinski definition) is 7. The van der Waals surface area contributed by atoms with E-state index in [-0.39, 0.29) is 48.5 Å². The molecule has 4 aromatic heterocycles. The van der Waals surface area contributed by atoms with Crippen LogP contribution >= 0.6 is 0 Å². The number of rotatable bonds is 9. The first-order valence-corrected chi connectivity index (χ1v) is 26.8. The molecule has 0 spiro atoms. The first-order valence-electron chi connectivity index (χ1n) is 23.3. The topological polar surface area (TPSA) is 97.6 Å². The van der Waals surface area contributed by atoms with Gasteiger partial charge in [-0.3, -0.25) is 15.0 Å². The summed E-state index contributed by atoms with van der Waals surface area (Å²) >= 11 is 0. The average Bonchev–Trinajstić information content (AvgIpc) is 3.31. The standard InChI is InChI=1S/C39H44N5.C20H20NOSi.Ir/c1-24(2)30-22-29(35-42-36(38(5,6)7)44-37(43-35)39(8,9)10)23-31(25(3)4)34(30)28-20-26(32-15-11-13-17-40-32)19-27(21-28)33-16-12-14-18-41-33;1-23(2,3)16-13-18(15-9-5-4-6-10-15)21-19(14-16)17-11-7-8-12-20(17)22;/h11-18,20-25H,1-10H3;4-9,11-14,22H,1-3H3;/q2*-1;. The van der Waals surface area contributed by atoms with Gasteiger partial charge in [-0.05, 0) is 76.7 Å². The SMILES string of the molecule is CC(C)c1cc(-c2nc(C(C)(C)C)nc(C(C)(C)C)n2)cc(C(C)C)c1-c1cc(-c2ccccn2)[c-]c(-c2ccccn2)c1.C[Si](C)(C)c1cc(-c2[c-]cccc2)nc(-c2ccccc2O)c1.[Ir]. The van der Waals surface area contributed by atoms with Crippen molar-refractivity contribution in [3.63, 3.8) is 0 Å². The number of nitrogens with zero attached hydrogens (tertiary/aromatic N) is 6. The number of aromatic nitrogens is 6. The van der Waals surface area contributed by atoms with Crippen molar-refractivity contribution < 1.29 is 25.2 Å². The first-order chi connectivity index (χ1) is 31.7. The van der Waals surface area contributed by atoms with Gasteiger partial charge in [-0.25, -0.2) is 15.0 Å². The number of phenols is 1. The van der Waals surface area contributed by atoms with E-state index in [9.17, 15) is 5.11 Å². The number of phenolic OH excluding ortho intramolecular Hbond substituents is 1. The van der Waals surface area contributed by atoms with Crippen LogP contribution in [0.5, 0.6) is 5.75 Å². The van der Waals surface area contributed by atoms with Gasteiger partial charge in [0.05, 0.1) is 13.8 Å². The number of benzene rings is 4. The molecule has 0 amide bonds. The molecule has 8 rings (SSSR count). The van der Waals surface area contributed by atoms with Gasteiger partial charge in [-0.1, -0.05) is 153 Å². The van der Waals surface area contributed by atoms with Gasteiger partial charge in [0.1, 0.15) is 17.4 Å². The van der Waals surface area contributed by atoms with Crippen LogP contribution in [0.15, 0.2) is 134 Å². The maximum absolute atomic E-state index is 10.2. The van der Waals surface area contributed by atoms with Crippen molar-refractivity contribution in [2.45, 2.75) is 112 Å². The minimum absolute atomic E-state index is 0. The summed E-state index contributed by atoms with van der Waals surface area (Å²) in [5, 5.41) is 11.5. The van der Waals surface area contributed by atoms with E-state index >= 15 is 0 Å². The van der Waals surface area contributed by atoms with Crippen molar-refractivity contribution in [2.75, 3.05) is 0 Å². The van der Waals surface area contributed by atoms with Crippen LogP contribution in [0.3, 0.4) is 0 Å². The molecule has 9 heteroatoms. The third-order valence-electron chi connectivity index (χ3n) is 11.6. The maximum atomic E-state index is 10.2. The van der Waals surface area contributed by atoms with E-state index in [2.05, 4.69) is 147 Å². The van der Waals surface area contributed by atoms with Crippen molar-refractivity contribution in [2.24, 2.45) is 0 Å². The molecule has 0 aliphatic carbocycles. The van der Waals surface area contributed by atoms with Crippen LogP contribution in [0.25, 0.3) is 67.5 Å². The van der Waals surface area contributed by atoms with Crippen molar-refractivity contribution in [3.8, 4) is 73.3 Å². The second-order valence-corrected chi connectivity index (χ2v) is 26.0. The molecule has 351 valence electrons. The van der Waals surface area contributed by atoms with Gasteiger partial charge >= 0.3 is 0 Å². The van der Waals surface area contributed by atoms with Crippen LogP contribution < -0.4 is 5.19 Å². The summed E-state index contributed by atoms with van der Waals surface area (Å²) in [5.74, 6) is 3.13. The Labute approximate surface area is 419 Å². The molecule has 4 aromatic carbocycles. The fourth-order valence-corrected chi connectivity index (χ4v) is 8.89. The fraction of sp³-hybridized carbons (Fsp3) is 0.288. The zero-order valence-electron chi connectivity index (χ0n) is 41.8. The van der Waals surface area contributed by atoms with Crippen molar-refractivity contribution in [1.82, 2.24) is 29.9 Å². The van der Waals surface area contributed by atoms with Crippen molar-refractivity contribution >= 4 is 13.3 Å². The minimum atomic E-state index is -1.51. The third kappa shape index (κ3) is 12.2. The molecule has 4 heterocycles. The molecule has 0 fully saturated rings. The monoisotopic (exact) mass is 1090 g/mol. The van der Waals surface area contributed by atoms with E-state index in [1.807, 2.05) is 91.3 Å². The zero-order chi connectivity index (χ0) is 48.3. The number of aromatic hydroxyl groups is 1. The third-order valence-corrected chi connectivity index (χ3v) is 13.6. The summed E-state index contributed by atoms with van der Waals surface area (Å²) < 4.78 is 0. The van der Waals surface area contributed by atoms with Gasteiger partial charge in [0.2, 0.25) is 0 Å². The fourth-order valence-electron chi connectivity index (χ4n) is 7.75. The number of hydrogen-bond donors (Lipinski definition) is 1. The molecule has 0 atom stereocenters. The van der Waals surface area contributed by atoms with Gasteiger partial charge in [0.15, 0.2) is 5.82 Å². The summed E-state index contributed by atoms with van der Waals surface area (Å²) in [4.78, 5) is 29.1. The van der Waals surface area contributed by atoms with Crippen molar-refractivity contribution in [1.29, 1.82) is 0 Å². The van der Waals surface area contributed by atoms with E-state index in [0.717, 1.165) is 73.6 Å². The zero-order valence-corrected chi connectivity index (χ0v) is 45.2. The number of para-hydroxylation sites is 1. The second-order valence-electron chi connectivity index (χ2n) is 20.9.